The summed E-state index contributed by atoms with van der Waals surface area (Å²) in [7, 11) is 0. The van der Waals surface area contributed by atoms with Gasteiger partial charge in [0.25, 0.3) is 0 Å². The predicted octanol–water partition coefficient (Wildman–Crippen LogP) is 6.72. The van der Waals surface area contributed by atoms with Gasteiger partial charge in [-0.15, -0.1) is 0 Å². The first-order valence-electron chi connectivity index (χ1n) is 14.4. The van der Waals surface area contributed by atoms with E-state index in [1.165, 1.54) is 18.2 Å². The molecule has 1 aliphatic carbocycles. The second-order valence-electron chi connectivity index (χ2n) is 11.4. The fourth-order valence-corrected chi connectivity index (χ4v) is 5.07. The molecular weight excluding hydrogens is 537 g/mol. The van der Waals surface area contributed by atoms with Crippen LogP contribution in [-0.4, -0.2) is 42.4 Å². The first-order valence-corrected chi connectivity index (χ1v) is 14.4. The summed E-state index contributed by atoms with van der Waals surface area (Å²) in [6.07, 6.45) is -0.715. The average molecular weight is 576 g/mol. The molecule has 0 spiro atoms. The number of amides is 1. The van der Waals surface area contributed by atoms with Crippen LogP contribution in [0.4, 0.5) is 9.18 Å². The van der Waals surface area contributed by atoms with Crippen LogP contribution in [0, 0.1) is 5.82 Å². The third-order valence-corrected chi connectivity index (χ3v) is 7.06. The van der Waals surface area contributed by atoms with Crippen molar-refractivity contribution in [2.45, 2.75) is 77.0 Å². The van der Waals surface area contributed by atoms with Crippen molar-refractivity contribution in [1.82, 2.24) is 5.32 Å². The van der Waals surface area contributed by atoms with E-state index in [-0.39, 0.29) is 30.9 Å². The van der Waals surface area contributed by atoms with Crippen molar-refractivity contribution in [1.29, 1.82) is 0 Å². The molecule has 0 fully saturated rings. The summed E-state index contributed by atoms with van der Waals surface area (Å²) < 4.78 is 31.1. The molecule has 0 bridgehead atoms. The van der Waals surface area contributed by atoms with Gasteiger partial charge in [0.1, 0.15) is 24.1 Å². The van der Waals surface area contributed by atoms with Gasteiger partial charge in [0, 0.05) is 12.3 Å². The van der Waals surface area contributed by atoms with Crippen LogP contribution >= 0.6 is 0 Å². The number of fused-ring (bicyclic) bond motifs is 3. The zero-order valence-electron chi connectivity index (χ0n) is 24.5. The molecule has 0 saturated heterocycles. The number of hydrogen-bond acceptors (Lipinski definition) is 6. The topological polar surface area (TPSA) is 90.9 Å². The molecular formula is C34H38FNO6. The lowest BCUT2D eigenvalue weighted by Crippen LogP contribution is -2.45. The molecule has 42 heavy (non-hydrogen) atoms. The molecule has 0 saturated carbocycles. The molecule has 3 aromatic rings. The minimum absolute atomic E-state index is 0.0865. The lowest BCUT2D eigenvalue weighted by molar-refractivity contribution is -0.176. The number of carbonyl (C=O) groups is 3. The van der Waals surface area contributed by atoms with E-state index in [1.54, 1.807) is 26.8 Å². The molecule has 7 nitrogen and oxygen atoms in total. The van der Waals surface area contributed by atoms with Crippen molar-refractivity contribution >= 4 is 18.0 Å². The maximum Gasteiger partial charge on any atom is 0.407 e. The molecule has 0 aromatic heterocycles. The molecule has 0 aliphatic heterocycles. The Kier molecular flexibility index (Phi) is 9.99. The lowest BCUT2D eigenvalue weighted by atomic mass is 9.98. The minimum atomic E-state index is -1.40. The third-order valence-electron chi connectivity index (χ3n) is 7.06. The van der Waals surface area contributed by atoms with Crippen LogP contribution in [-0.2, 0) is 30.2 Å². The van der Waals surface area contributed by atoms with Crippen molar-refractivity contribution < 1.29 is 33.0 Å². The fourth-order valence-electron chi connectivity index (χ4n) is 5.07. The Hall–Kier alpha value is -4.20. The van der Waals surface area contributed by atoms with E-state index in [4.69, 9.17) is 14.2 Å². The standard InChI is InChI=1S/C34H38FNO6/c1-5-6-19-29(31(37)41-30(32(38)42-34(2,3)4)20-22-13-7-12-18-28(22)35)36-33(39)40-21-27-25-16-10-8-14-23(25)24-15-9-11-17-26(24)27/h7-18,27,29-30H,5-6,19-21H2,1-4H3,(H,36,39)/t29-,30?/m0/s1. The Morgan fingerprint density at radius 1 is 0.881 bits per heavy atom. The van der Waals surface area contributed by atoms with Gasteiger partial charge in [-0.2, -0.15) is 0 Å². The highest BCUT2D eigenvalue weighted by molar-refractivity contribution is 5.85. The molecule has 0 radical (unpaired) electrons. The Labute approximate surface area is 246 Å². The summed E-state index contributed by atoms with van der Waals surface area (Å²) in [6.45, 7) is 7.11. The highest BCUT2D eigenvalue weighted by Gasteiger charge is 2.34. The lowest BCUT2D eigenvalue weighted by Gasteiger charge is -2.26. The van der Waals surface area contributed by atoms with Gasteiger partial charge in [0.05, 0.1) is 0 Å². The first-order chi connectivity index (χ1) is 20.1. The van der Waals surface area contributed by atoms with Crippen LogP contribution in [0.3, 0.4) is 0 Å². The molecule has 8 heteroatoms. The van der Waals surface area contributed by atoms with Crippen molar-refractivity contribution in [3.63, 3.8) is 0 Å². The Morgan fingerprint density at radius 3 is 2.07 bits per heavy atom. The Morgan fingerprint density at radius 2 is 1.48 bits per heavy atom. The van der Waals surface area contributed by atoms with E-state index in [9.17, 15) is 18.8 Å². The number of benzene rings is 3. The Bertz CT molecular complexity index is 1370. The highest BCUT2D eigenvalue weighted by atomic mass is 19.1. The number of ether oxygens (including phenoxy) is 3. The maximum absolute atomic E-state index is 14.4. The van der Waals surface area contributed by atoms with E-state index >= 15 is 0 Å². The van der Waals surface area contributed by atoms with Gasteiger partial charge in [-0.3, -0.25) is 0 Å². The number of alkyl carbamates (subject to hydrolysis) is 1. The zero-order valence-corrected chi connectivity index (χ0v) is 24.5. The average Bonchev–Trinajstić information content (AvgIpc) is 3.27. The molecule has 0 heterocycles. The third kappa shape index (κ3) is 7.75. The van der Waals surface area contributed by atoms with Crippen molar-refractivity contribution in [3.8, 4) is 11.1 Å². The van der Waals surface area contributed by atoms with Gasteiger partial charge in [-0.1, -0.05) is 86.5 Å². The Balaban J connectivity index is 1.45. The van der Waals surface area contributed by atoms with Gasteiger partial charge in [-0.25, -0.2) is 18.8 Å². The first kappa shape index (κ1) is 30.8. The van der Waals surface area contributed by atoms with E-state index < -0.39 is 41.6 Å². The summed E-state index contributed by atoms with van der Waals surface area (Å²) in [4.78, 5) is 39.3. The summed E-state index contributed by atoms with van der Waals surface area (Å²) in [6, 6.07) is 20.9. The van der Waals surface area contributed by atoms with Crippen LogP contribution in [0.2, 0.25) is 0 Å². The molecule has 1 N–H and O–H groups in total. The number of carbonyl (C=O) groups excluding carboxylic acids is 3. The van der Waals surface area contributed by atoms with Crippen LogP contribution in [0.5, 0.6) is 0 Å². The maximum atomic E-state index is 14.4. The van der Waals surface area contributed by atoms with Gasteiger partial charge in [-0.05, 0) is 61.1 Å². The number of unbranched alkanes of at least 4 members (excludes halogenated alkanes) is 1. The van der Waals surface area contributed by atoms with E-state index in [1.807, 2.05) is 55.5 Å². The number of esters is 2. The molecule has 2 atom stereocenters. The summed E-state index contributed by atoms with van der Waals surface area (Å²) in [5, 5.41) is 2.63. The van der Waals surface area contributed by atoms with Crippen LogP contribution in [0.1, 0.15) is 69.6 Å². The molecule has 3 aromatic carbocycles. The summed E-state index contributed by atoms with van der Waals surface area (Å²) >= 11 is 0. The molecule has 4 rings (SSSR count). The summed E-state index contributed by atoms with van der Waals surface area (Å²) in [5.41, 5.74) is 3.71. The monoisotopic (exact) mass is 575 g/mol. The second kappa shape index (κ2) is 13.6. The summed E-state index contributed by atoms with van der Waals surface area (Å²) in [5.74, 6) is -2.28. The van der Waals surface area contributed by atoms with Crippen LogP contribution < -0.4 is 5.32 Å². The molecule has 222 valence electrons. The number of halogens is 1. The van der Waals surface area contributed by atoms with Crippen molar-refractivity contribution in [2.24, 2.45) is 0 Å². The fraction of sp³-hybridized carbons (Fsp3) is 0.382. The van der Waals surface area contributed by atoms with Crippen molar-refractivity contribution in [2.75, 3.05) is 6.61 Å². The van der Waals surface area contributed by atoms with Gasteiger partial charge < -0.3 is 19.5 Å². The van der Waals surface area contributed by atoms with Crippen LogP contribution in [0.25, 0.3) is 11.1 Å². The van der Waals surface area contributed by atoms with Gasteiger partial charge in [0.2, 0.25) is 6.10 Å². The smallest absolute Gasteiger partial charge is 0.407 e. The SMILES string of the molecule is CCCC[C@H](NC(=O)OCC1c2ccccc2-c2ccccc21)C(=O)OC(Cc1ccccc1F)C(=O)OC(C)(C)C. The number of rotatable bonds is 11. The van der Waals surface area contributed by atoms with E-state index in [2.05, 4.69) is 5.32 Å². The van der Waals surface area contributed by atoms with Crippen LogP contribution in [0.15, 0.2) is 72.8 Å². The predicted molar refractivity (Wildman–Crippen MR) is 157 cm³/mol. The molecule has 1 amide bonds. The van der Waals surface area contributed by atoms with Gasteiger partial charge in [0.15, 0.2) is 0 Å². The van der Waals surface area contributed by atoms with E-state index in [0.29, 0.717) is 6.42 Å². The van der Waals surface area contributed by atoms with Crippen molar-refractivity contribution in [3.05, 3.63) is 95.3 Å². The van der Waals surface area contributed by atoms with E-state index in [0.717, 1.165) is 28.7 Å². The highest BCUT2D eigenvalue weighted by Crippen LogP contribution is 2.44. The number of nitrogens with one attached hydrogen (secondary N) is 1. The molecule has 1 aliphatic rings. The molecule has 1 unspecified atom stereocenters. The largest absolute Gasteiger partial charge is 0.457 e. The zero-order chi connectivity index (χ0) is 30.3. The quantitative estimate of drug-likeness (QED) is 0.202. The minimum Gasteiger partial charge on any atom is -0.457 e. The van der Waals surface area contributed by atoms with Gasteiger partial charge >= 0.3 is 18.0 Å². The number of hydrogen-bond donors (Lipinski definition) is 1. The second-order valence-corrected chi connectivity index (χ2v) is 11.4. The normalized spacial score (nSPS) is 13.8.